The third kappa shape index (κ3) is 2.12. The lowest BCUT2D eigenvalue weighted by Gasteiger charge is -2.22. The first-order valence-corrected chi connectivity index (χ1v) is 6.26. The van der Waals surface area contributed by atoms with Crippen LogP contribution in [0.15, 0.2) is 0 Å². The molecule has 2 heterocycles. The third-order valence-electron chi connectivity index (χ3n) is 4.14. The average Bonchev–Trinajstić information content (AvgIpc) is 2.73. The van der Waals surface area contributed by atoms with E-state index in [2.05, 4.69) is 24.1 Å². The predicted molar refractivity (Wildman–Crippen MR) is 60.4 cm³/mol. The number of fused-ring (bicyclic) bond motifs is 1. The summed E-state index contributed by atoms with van der Waals surface area (Å²) in [5, 5.41) is 3.50. The van der Waals surface area contributed by atoms with Gasteiger partial charge in [-0.2, -0.15) is 0 Å². The molecule has 0 saturated carbocycles. The molecule has 2 aliphatic heterocycles. The van der Waals surface area contributed by atoms with Gasteiger partial charge in [0.15, 0.2) is 0 Å². The zero-order valence-electron chi connectivity index (χ0n) is 9.63. The Bertz CT molecular complexity index is 165. The molecular formula is C12H24N2. The number of nitrogens with one attached hydrogen (secondary N) is 1. The molecule has 14 heavy (non-hydrogen) atoms. The monoisotopic (exact) mass is 196 g/mol. The number of rotatable bonds is 4. The second kappa shape index (κ2) is 4.63. The maximum absolute atomic E-state index is 3.50. The second-order valence-corrected chi connectivity index (χ2v) is 5.08. The van der Waals surface area contributed by atoms with Crippen molar-refractivity contribution in [2.45, 2.75) is 26.7 Å². The van der Waals surface area contributed by atoms with Gasteiger partial charge >= 0.3 is 0 Å². The Morgan fingerprint density at radius 1 is 1.14 bits per heavy atom. The summed E-state index contributed by atoms with van der Waals surface area (Å²) in [6, 6.07) is 0. The first-order valence-electron chi connectivity index (χ1n) is 6.26. The second-order valence-electron chi connectivity index (χ2n) is 5.08. The molecule has 0 bridgehead atoms. The van der Waals surface area contributed by atoms with Gasteiger partial charge in [-0.15, -0.1) is 0 Å². The highest BCUT2D eigenvalue weighted by Gasteiger charge is 2.36. The van der Waals surface area contributed by atoms with Gasteiger partial charge in [0.1, 0.15) is 0 Å². The smallest absolute Gasteiger partial charge is 0.00257 e. The van der Waals surface area contributed by atoms with Crippen molar-refractivity contribution in [1.82, 2.24) is 10.2 Å². The highest BCUT2D eigenvalue weighted by atomic mass is 15.2. The zero-order valence-corrected chi connectivity index (χ0v) is 9.63. The van der Waals surface area contributed by atoms with E-state index >= 15 is 0 Å². The van der Waals surface area contributed by atoms with Crippen molar-refractivity contribution in [3.05, 3.63) is 0 Å². The fraction of sp³-hybridized carbons (Fsp3) is 1.00. The maximum Gasteiger partial charge on any atom is 0.00257 e. The van der Waals surface area contributed by atoms with E-state index in [1.54, 1.807) is 0 Å². The van der Waals surface area contributed by atoms with Crippen molar-refractivity contribution in [1.29, 1.82) is 0 Å². The molecule has 2 fully saturated rings. The van der Waals surface area contributed by atoms with Crippen LogP contribution in [0.25, 0.3) is 0 Å². The molecule has 1 N–H and O–H groups in total. The summed E-state index contributed by atoms with van der Waals surface area (Å²) in [6.07, 6.45) is 2.70. The fourth-order valence-corrected chi connectivity index (χ4v) is 3.01. The van der Waals surface area contributed by atoms with Gasteiger partial charge < -0.3 is 10.2 Å². The van der Waals surface area contributed by atoms with Crippen LogP contribution >= 0.6 is 0 Å². The lowest BCUT2D eigenvalue weighted by Crippen LogP contribution is -2.30. The van der Waals surface area contributed by atoms with Crippen LogP contribution in [0.5, 0.6) is 0 Å². The van der Waals surface area contributed by atoms with Gasteiger partial charge in [-0.25, -0.2) is 0 Å². The van der Waals surface area contributed by atoms with Crippen molar-refractivity contribution in [3.8, 4) is 0 Å². The van der Waals surface area contributed by atoms with Crippen molar-refractivity contribution in [3.63, 3.8) is 0 Å². The molecule has 0 unspecified atom stereocenters. The Morgan fingerprint density at radius 3 is 2.21 bits per heavy atom. The Kier molecular flexibility index (Phi) is 3.45. The Balaban J connectivity index is 1.78. The highest BCUT2D eigenvalue weighted by Crippen LogP contribution is 2.27. The molecule has 2 heteroatoms. The maximum atomic E-state index is 3.50. The molecule has 2 saturated heterocycles. The van der Waals surface area contributed by atoms with Crippen molar-refractivity contribution >= 4 is 0 Å². The minimum atomic E-state index is 0.932. The van der Waals surface area contributed by atoms with Gasteiger partial charge in [0.2, 0.25) is 0 Å². The largest absolute Gasteiger partial charge is 0.316 e. The summed E-state index contributed by atoms with van der Waals surface area (Å²) < 4.78 is 0. The van der Waals surface area contributed by atoms with Crippen LogP contribution in [-0.4, -0.2) is 37.6 Å². The van der Waals surface area contributed by atoms with Crippen LogP contribution in [0.1, 0.15) is 26.7 Å². The van der Waals surface area contributed by atoms with Crippen molar-refractivity contribution < 1.29 is 0 Å². The summed E-state index contributed by atoms with van der Waals surface area (Å²) in [7, 11) is 0. The summed E-state index contributed by atoms with van der Waals surface area (Å²) in [5.74, 6) is 2.86. The van der Waals surface area contributed by atoms with E-state index in [4.69, 9.17) is 0 Å². The molecule has 0 aromatic rings. The van der Waals surface area contributed by atoms with E-state index in [0.717, 1.165) is 17.8 Å². The van der Waals surface area contributed by atoms with E-state index in [-0.39, 0.29) is 0 Å². The first-order chi connectivity index (χ1) is 6.83. The number of hydrogen-bond donors (Lipinski definition) is 1. The number of likely N-dealkylation sites (tertiary alicyclic amines) is 1. The summed E-state index contributed by atoms with van der Waals surface area (Å²) in [6.45, 7) is 11.2. The molecule has 0 radical (unpaired) electrons. The van der Waals surface area contributed by atoms with Gasteiger partial charge in [0, 0.05) is 19.6 Å². The molecule has 2 rings (SSSR count). The topological polar surface area (TPSA) is 15.3 Å². The average molecular weight is 196 g/mol. The molecule has 0 aromatic carbocycles. The van der Waals surface area contributed by atoms with Crippen molar-refractivity contribution in [2.75, 3.05) is 32.7 Å². The van der Waals surface area contributed by atoms with E-state index < -0.39 is 0 Å². The molecular weight excluding hydrogens is 172 g/mol. The Morgan fingerprint density at radius 2 is 1.71 bits per heavy atom. The summed E-state index contributed by atoms with van der Waals surface area (Å²) in [5.41, 5.74) is 0. The van der Waals surface area contributed by atoms with Gasteiger partial charge in [0.25, 0.3) is 0 Å². The quantitative estimate of drug-likeness (QED) is 0.734. The standard InChI is InChI=1S/C12H24N2/c1-3-10(4-2)7-14-8-11-5-13-6-12(11)9-14/h10-13H,3-9H2,1-2H3/t11-,12+. The van der Waals surface area contributed by atoms with Crippen LogP contribution in [0.3, 0.4) is 0 Å². The first kappa shape index (κ1) is 10.4. The minimum absolute atomic E-state index is 0.932. The number of hydrogen-bond acceptors (Lipinski definition) is 2. The molecule has 82 valence electrons. The van der Waals surface area contributed by atoms with Gasteiger partial charge in [-0.1, -0.05) is 26.7 Å². The van der Waals surface area contributed by atoms with Crippen LogP contribution in [0.2, 0.25) is 0 Å². The van der Waals surface area contributed by atoms with Gasteiger partial charge in [0.05, 0.1) is 0 Å². The van der Waals surface area contributed by atoms with Crippen LogP contribution in [-0.2, 0) is 0 Å². The van der Waals surface area contributed by atoms with Crippen LogP contribution in [0.4, 0.5) is 0 Å². The molecule has 2 atom stereocenters. The Labute approximate surface area is 88.1 Å². The summed E-state index contributed by atoms with van der Waals surface area (Å²) >= 11 is 0. The van der Waals surface area contributed by atoms with Crippen molar-refractivity contribution in [2.24, 2.45) is 17.8 Å². The van der Waals surface area contributed by atoms with Gasteiger partial charge in [-0.05, 0) is 30.8 Å². The minimum Gasteiger partial charge on any atom is -0.316 e. The molecule has 0 amide bonds. The normalized spacial score (nSPS) is 32.8. The lowest BCUT2D eigenvalue weighted by atomic mass is 10.0. The van der Waals surface area contributed by atoms with E-state index in [0.29, 0.717) is 0 Å². The number of nitrogens with zero attached hydrogens (tertiary/aromatic N) is 1. The molecule has 2 nitrogen and oxygen atoms in total. The van der Waals surface area contributed by atoms with E-state index in [1.165, 1.54) is 45.6 Å². The molecule has 0 spiro atoms. The van der Waals surface area contributed by atoms with Crippen LogP contribution in [0, 0.1) is 17.8 Å². The fourth-order valence-electron chi connectivity index (χ4n) is 3.01. The van der Waals surface area contributed by atoms with Crippen LogP contribution < -0.4 is 5.32 Å². The van der Waals surface area contributed by atoms with Gasteiger partial charge in [-0.3, -0.25) is 0 Å². The third-order valence-corrected chi connectivity index (χ3v) is 4.14. The lowest BCUT2D eigenvalue weighted by molar-refractivity contribution is 0.252. The molecule has 2 aliphatic rings. The Hall–Kier alpha value is -0.0800. The van der Waals surface area contributed by atoms with E-state index in [1.807, 2.05) is 0 Å². The zero-order chi connectivity index (χ0) is 9.97. The highest BCUT2D eigenvalue weighted by molar-refractivity contribution is 4.91. The molecule has 0 aliphatic carbocycles. The van der Waals surface area contributed by atoms with E-state index in [9.17, 15) is 0 Å². The predicted octanol–water partition coefficient (Wildman–Crippen LogP) is 1.57. The summed E-state index contributed by atoms with van der Waals surface area (Å²) in [4.78, 5) is 2.70. The molecule has 0 aromatic heterocycles. The SMILES string of the molecule is CCC(CC)CN1C[C@H]2CNC[C@H]2C1.